The Hall–Kier alpha value is -3.23. The molecule has 2 rings (SSSR count). The lowest BCUT2D eigenvalue weighted by atomic mass is 10.1. The number of amides is 3. The highest BCUT2D eigenvalue weighted by Gasteiger charge is 2.30. The summed E-state index contributed by atoms with van der Waals surface area (Å²) < 4.78 is 5.27. The fraction of sp³-hybridized carbons (Fsp3) is 0.389. The largest absolute Gasteiger partial charge is 0.447 e. The van der Waals surface area contributed by atoms with Crippen LogP contribution in [0.1, 0.15) is 41.2 Å². The minimum absolute atomic E-state index is 0.00694. The van der Waals surface area contributed by atoms with Crippen molar-refractivity contribution in [2.24, 2.45) is 11.7 Å². The average Bonchev–Trinajstić information content (AvgIpc) is 2.92. The zero-order chi connectivity index (χ0) is 20.3. The summed E-state index contributed by atoms with van der Waals surface area (Å²) in [6.07, 6.45) is -1.18. The Balaban J connectivity index is 2.27. The highest BCUT2D eigenvalue weighted by Crippen LogP contribution is 2.17. The molecule has 1 heterocycles. The molecule has 9 heteroatoms. The van der Waals surface area contributed by atoms with Gasteiger partial charge in [0.2, 0.25) is 0 Å². The Morgan fingerprint density at radius 2 is 1.81 bits per heavy atom. The van der Waals surface area contributed by atoms with Crippen LogP contribution in [0.2, 0.25) is 0 Å². The van der Waals surface area contributed by atoms with E-state index in [0.29, 0.717) is 5.69 Å². The number of esters is 1. The van der Waals surface area contributed by atoms with Crippen LogP contribution in [0.15, 0.2) is 18.2 Å². The predicted molar refractivity (Wildman–Crippen MR) is 97.3 cm³/mol. The normalized spacial score (nSPS) is 11.9. The molecule has 1 atom stereocenters. The Kier molecular flexibility index (Phi) is 5.94. The summed E-state index contributed by atoms with van der Waals surface area (Å²) in [6, 6.07) is 4.74. The van der Waals surface area contributed by atoms with Gasteiger partial charge >= 0.3 is 12.0 Å². The number of hydrogen-bond acceptors (Lipinski definition) is 6. The number of aryl methyl sites for hydroxylation is 3. The molecule has 0 aliphatic carbocycles. The molecular formula is C18H23N5O4. The summed E-state index contributed by atoms with van der Waals surface area (Å²) in [5.41, 5.74) is 8.08. The number of nitrogens with two attached hydrogens (primary N) is 1. The smallest absolute Gasteiger partial charge is 0.361 e. The molecule has 0 aliphatic heterocycles. The molecule has 2 aromatic rings. The first-order valence-corrected chi connectivity index (χ1v) is 8.43. The lowest BCUT2D eigenvalue weighted by Crippen LogP contribution is -2.45. The second kappa shape index (κ2) is 7.98. The minimum Gasteiger partial charge on any atom is -0.447 e. The highest BCUT2D eigenvalue weighted by atomic mass is 16.5. The monoisotopic (exact) mass is 373 g/mol. The van der Waals surface area contributed by atoms with Gasteiger partial charge in [0.15, 0.2) is 11.8 Å². The van der Waals surface area contributed by atoms with E-state index in [1.54, 1.807) is 20.8 Å². The molecule has 9 nitrogen and oxygen atoms in total. The zero-order valence-corrected chi connectivity index (χ0v) is 15.9. The Morgan fingerprint density at radius 1 is 1.15 bits per heavy atom. The fourth-order valence-electron chi connectivity index (χ4n) is 2.56. The zero-order valence-electron chi connectivity index (χ0n) is 15.9. The number of aromatic nitrogens is 3. The van der Waals surface area contributed by atoms with Crippen LogP contribution in [-0.4, -0.2) is 39.0 Å². The molecule has 3 amide bonds. The summed E-state index contributed by atoms with van der Waals surface area (Å²) in [6.45, 7) is 8.87. The number of hydrogen-bond donors (Lipinski definition) is 2. The number of nitrogens with zero attached hydrogens (tertiary/aromatic N) is 3. The van der Waals surface area contributed by atoms with Crippen LogP contribution >= 0.6 is 0 Å². The number of carbonyl (C=O) groups is 3. The van der Waals surface area contributed by atoms with Crippen molar-refractivity contribution >= 4 is 17.9 Å². The lowest BCUT2D eigenvalue weighted by Gasteiger charge is -2.19. The molecule has 3 N–H and O–H groups in total. The molecule has 1 aromatic heterocycles. The molecule has 0 fully saturated rings. The van der Waals surface area contributed by atoms with E-state index in [-0.39, 0.29) is 11.6 Å². The molecule has 0 bridgehead atoms. The van der Waals surface area contributed by atoms with Crippen LogP contribution in [0.3, 0.4) is 0 Å². The standard InChI is InChI=1S/C18H23N5O4/c1-9(2)15(16(24)20-18(19)26)27-17(25)14-12(5)21-23(22-14)13-7-6-10(3)8-11(13)4/h6-9,15H,1-5H3,(H3,19,20,24,26)/t15-/m1/s1. The molecule has 0 aliphatic rings. The average molecular weight is 373 g/mol. The van der Waals surface area contributed by atoms with E-state index >= 15 is 0 Å². The molecule has 1 aromatic carbocycles. The second-order valence-corrected chi connectivity index (χ2v) is 6.64. The van der Waals surface area contributed by atoms with Gasteiger partial charge < -0.3 is 10.5 Å². The van der Waals surface area contributed by atoms with Gasteiger partial charge in [-0.3, -0.25) is 10.1 Å². The number of benzene rings is 1. The second-order valence-electron chi connectivity index (χ2n) is 6.64. The Bertz CT molecular complexity index is 888. The maximum atomic E-state index is 12.5. The van der Waals surface area contributed by atoms with Gasteiger partial charge in [0, 0.05) is 0 Å². The van der Waals surface area contributed by atoms with Crippen molar-refractivity contribution in [3.8, 4) is 5.69 Å². The van der Waals surface area contributed by atoms with Crippen LogP contribution in [0, 0.1) is 26.7 Å². The number of nitrogens with one attached hydrogen (secondary N) is 1. The van der Waals surface area contributed by atoms with Crippen LogP contribution in [0.5, 0.6) is 0 Å². The van der Waals surface area contributed by atoms with Gasteiger partial charge in [-0.1, -0.05) is 31.5 Å². The molecule has 0 spiro atoms. The van der Waals surface area contributed by atoms with Gasteiger partial charge in [-0.25, -0.2) is 9.59 Å². The van der Waals surface area contributed by atoms with Gasteiger partial charge in [0.25, 0.3) is 5.91 Å². The maximum absolute atomic E-state index is 12.5. The topological polar surface area (TPSA) is 129 Å². The molecule has 0 saturated carbocycles. The first-order chi connectivity index (χ1) is 12.6. The van der Waals surface area contributed by atoms with E-state index in [9.17, 15) is 14.4 Å². The molecule has 0 radical (unpaired) electrons. The summed E-state index contributed by atoms with van der Waals surface area (Å²) in [5, 5.41) is 10.4. The van der Waals surface area contributed by atoms with Gasteiger partial charge in [-0.05, 0) is 38.3 Å². The minimum atomic E-state index is -1.18. The number of primary amides is 1. The summed E-state index contributed by atoms with van der Waals surface area (Å²) in [4.78, 5) is 36.8. The van der Waals surface area contributed by atoms with Crippen molar-refractivity contribution in [2.75, 3.05) is 0 Å². The van der Waals surface area contributed by atoms with E-state index in [1.807, 2.05) is 37.4 Å². The van der Waals surface area contributed by atoms with Gasteiger partial charge in [-0.2, -0.15) is 9.90 Å². The highest BCUT2D eigenvalue weighted by molar-refractivity contribution is 5.98. The van der Waals surface area contributed by atoms with E-state index in [1.165, 1.54) is 4.80 Å². The molecule has 27 heavy (non-hydrogen) atoms. The lowest BCUT2D eigenvalue weighted by molar-refractivity contribution is -0.130. The number of urea groups is 1. The number of rotatable bonds is 5. The first kappa shape index (κ1) is 20.1. The van der Waals surface area contributed by atoms with Gasteiger partial charge in [-0.15, -0.1) is 5.10 Å². The van der Waals surface area contributed by atoms with E-state index in [0.717, 1.165) is 16.8 Å². The van der Waals surface area contributed by atoms with Crippen LogP contribution < -0.4 is 11.1 Å². The van der Waals surface area contributed by atoms with Crippen molar-refractivity contribution in [3.05, 3.63) is 40.7 Å². The van der Waals surface area contributed by atoms with Gasteiger partial charge in [0.1, 0.15) is 0 Å². The SMILES string of the molecule is Cc1ccc(-n2nc(C)c(C(=O)O[C@@H](C(=O)NC(N)=O)C(C)C)n2)c(C)c1. The summed E-state index contributed by atoms with van der Waals surface area (Å²) in [5.74, 6) is -1.96. The Labute approximate surface area is 156 Å². The van der Waals surface area contributed by atoms with E-state index in [2.05, 4.69) is 10.2 Å². The van der Waals surface area contributed by atoms with Crippen molar-refractivity contribution < 1.29 is 19.1 Å². The predicted octanol–water partition coefficient (Wildman–Crippen LogP) is 1.57. The van der Waals surface area contributed by atoms with Crippen LogP contribution in [-0.2, 0) is 9.53 Å². The number of carbonyl (C=O) groups excluding carboxylic acids is 3. The van der Waals surface area contributed by atoms with Gasteiger partial charge in [0.05, 0.1) is 11.4 Å². The van der Waals surface area contributed by atoms with Crippen molar-refractivity contribution in [2.45, 2.75) is 40.7 Å². The third-order valence-corrected chi connectivity index (χ3v) is 3.89. The molecule has 144 valence electrons. The maximum Gasteiger partial charge on any atom is 0.361 e. The summed E-state index contributed by atoms with van der Waals surface area (Å²) in [7, 11) is 0. The third-order valence-electron chi connectivity index (χ3n) is 3.89. The Morgan fingerprint density at radius 3 is 2.37 bits per heavy atom. The fourth-order valence-corrected chi connectivity index (χ4v) is 2.56. The van der Waals surface area contributed by atoms with Crippen molar-refractivity contribution in [3.63, 3.8) is 0 Å². The van der Waals surface area contributed by atoms with E-state index in [4.69, 9.17) is 10.5 Å². The third kappa shape index (κ3) is 4.69. The number of imide groups is 1. The van der Waals surface area contributed by atoms with Crippen molar-refractivity contribution in [1.82, 2.24) is 20.3 Å². The quantitative estimate of drug-likeness (QED) is 0.765. The van der Waals surface area contributed by atoms with Crippen LogP contribution in [0.25, 0.3) is 5.69 Å². The molecule has 0 saturated heterocycles. The van der Waals surface area contributed by atoms with E-state index < -0.39 is 24.0 Å². The molecular weight excluding hydrogens is 350 g/mol. The first-order valence-electron chi connectivity index (χ1n) is 8.43. The van der Waals surface area contributed by atoms with Crippen LogP contribution in [0.4, 0.5) is 4.79 Å². The number of ether oxygens (including phenoxy) is 1. The summed E-state index contributed by atoms with van der Waals surface area (Å²) >= 11 is 0. The molecule has 0 unspecified atom stereocenters. The van der Waals surface area contributed by atoms with Crippen molar-refractivity contribution in [1.29, 1.82) is 0 Å².